The zero-order valence-electron chi connectivity index (χ0n) is 11.4. The molecule has 1 rings (SSSR count). The number of carbonyl (C=O) groups is 1. The molecule has 0 fully saturated rings. The van der Waals surface area contributed by atoms with Crippen molar-refractivity contribution >= 4 is 17.5 Å². The zero-order chi connectivity index (χ0) is 14.6. The number of nitrogens with zero attached hydrogens (tertiary/aromatic N) is 1. The average Bonchev–Trinajstić information content (AvgIpc) is 2.40. The fourth-order valence-corrected chi connectivity index (χ4v) is 2.02. The molecule has 0 heterocycles. The van der Waals surface area contributed by atoms with E-state index in [4.69, 9.17) is 11.6 Å². The second-order valence-electron chi connectivity index (χ2n) is 4.51. The predicted octanol–water partition coefficient (Wildman–Crippen LogP) is 2.97. The van der Waals surface area contributed by atoms with Crippen molar-refractivity contribution in [3.05, 3.63) is 34.9 Å². The van der Waals surface area contributed by atoms with E-state index in [0.29, 0.717) is 23.7 Å². The standard InChI is InChI=1S/C14H19ClFNO2/c1-4-17(5-2)13(19)14(3,16)12(18)10-6-8-11(15)9-7-10/h6-9,12,18H,4-5H2,1-3H3/t12-,14+/m0/s1. The molecule has 1 amide bonds. The van der Waals surface area contributed by atoms with E-state index in [9.17, 15) is 14.3 Å². The summed E-state index contributed by atoms with van der Waals surface area (Å²) in [5.41, 5.74) is -2.03. The molecule has 2 atom stereocenters. The lowest BCUT2D eigenvalue weighted by molar-refractivity contribution is -0.150. The molecule has 0 aromatic heterocycles. The molecule has 5 heteroatoms. The van der Waals surface area contributed by atoms with Gasteiger partial charge in [0.05, 0.1) is 0 Å². The maximum Gasteiger partial charge on any atom is 0.263 e. The van der Waals surface area contributed by atoms with Crippen molar-refractivity contribution < 1.29 is 14.3 Å². The molecule has 1 aromatic carbocycles. The fraction of sp³-hybridized carbons (Fsp3) is 0.500. The summed E-state index contributed by atoms with van der Waals surface area (Å²) in [6.45, 7) is 5.45. The summed E-state index contributed by atoms with van der Waals surface area (Å²) in [6.07, 6.45) is -1.52. The summed E-state index contributed by atoms with van der Waals surface area (Å²) in [5.74, 6) is -0.708. The molecule has 1 N–H and O–H groups in total. The Labute approximate surface area is 118 Å². The lowest BCUT2D eigenvalue weighted by Crippen LogP contribution is -2.47. The highest BCUT2D eigenvalue weighted by Crippen LogP contribution is 2.31. The van der Waals surface area contributed by atoms with E-state index in [1.165, 1.54) is 17.0 Å². The molecule has 3 nitrogen and oxygen atoms in total. The molecule has 0 radical (unpaired) electrons. The van der Waals surface area contributed by atoms with E-state index in [-0.39, 0.29) is 0 Å². The molecule has 1 aromatic rings. The largest absolute Gasteiger partial charge is 0.384 e. The van der Waals surface area contributed by atoms with Crippen LogP contribution in [0.2, 0.25) is 5.02 Å². The van der Waals surface area contributed by atoms with Crippen LogP contribution >= 0.6 is 11.6 Å². The summed E-state index contributed by atoms with van der Waals surface area (Å²) in [5, 5.41) is 10.6. The fourth-order valence-electron chi connectivity index (χ4n) is 1.90. The van der Waals surface area contributed by atoms with Crippen molar-refractivity contribution in [2.75, 3.05) is 13.1 Å². The first-order valence-electron chi connectivity index (χ1n) is 6.26. The number of rotatable bonds is 5. The van der Waals surface area contributed by atoms with Crippen LogP contribution in [0.1, 0.15) is 32.4 Å². The molecule has 0 saturated heterocycles. The van der Waals surface area contributed by atoms with Crippen LogP contribution in [-0.2, 0) is 4.79 Å². The Hall–Kier alpha value is -1.13. The number of carbonyl (C=O) groups excluding carboxylic acids is 1. The van der Waals surface area contributed by atoms with Crippen molar-refractivity contribution in [3.63, 3.8) is 0 Å². The van der Waals surface area contributed by atoms with Gasteiger partial charge in [-0.1, -0.05) is 23.7 Å². The predicted molar refractivity (Wildman–Crippen MR) is 73.9 cm³/mol. The summed E-state index contributed by atoms with van der Waals surface area (Å²) < 4.78 is 14.6. The molecule has 0 aliphatic carbocycles. The summed E-state index contributed by atoms with van der Waals surface area (Å²) in [4.78, 5) is 13.4. The number of benzene rings is 1. The van der Waals surface area contributed by atoms with E-state index < -0.39 is 17.7 Å². The van der Waals surface area contributed by atoms with Gasteiger partial charge in [0.15, 0.2) is 0 Å². The Bertz CT molecular complexity index is 430. The third-order valence-corrected chi connectivity index (χ3v) is 3.42. The molecule has 0 aliphatic heterocycles. The van der Waals surface area contributed by atoms with Gasteiger partial charge in [0.1, 0.15) is 6.10 Å². The molecule has 0 aliphatic rings. The van der Waals surface area contributed by atoms with Crippen LogP contribution in [0, 0.1) is 0 Å². The Morgan fingerprint density at radius 3 is 2.26 bits per heavy atom. The highest BCUT2D eigenvalue weighted by molar-refractivity contribution is 6.30. The van der Waals surface area contributed by atoms with Gasteiger partial charge in [-0.05, 0) is 38.5 Å². The normalized spacial score (nSPS) is 15.7. The molecule has 0 saturated carbocycles. The minimum absolute atomic E-state index is 0.329. The van der Waals surface area contributed by atoms with Crippen molar-refractivity contribution in [1.82, 2.24) is 4.90 Å². The number of alkyl halides is 1. The number of hydrogen-bond acceptors (Lipinski definition) is 2. The average molecular weight is 288 g/mol. The van der Waals surface area contributed by atoms with E-state index in [0.717, 1.165) is 6.92 Å². The molecular formula is C14H19ClFNO2. The summed E-state index contributed by atoms with van der Waals surface area (Å²) >= 11 is 5.74. The summed E-state index contributed by atoms with van der Waals surface area (Å²) in [7, 11) is 0. The first-order valence-corrected chi connectivity index (χ1v) is 6.64. The quantitative estimate of drug-likeness (QED) is 0.904. The van der Waals surface area contributed by atoms with Gasteiger partial charge in [-0.2, -0.15) is 0 Å². The van der Waals surface area contributed by atoms with Gasteiger partial charge in [-0.25, -0.2) is 4.39 Å². The maximum absolute atomic E-state index is 14.6. The minimum atomic E-state index is -2.36. The Balaban J connectivity index is 2.98. The van der Waals surface area contributed by atoms with E-state index in [2.05, 4.69) is 0 Å². The molecule has 106 valence electrons. The molecule has 0 bridgehead atoms. The Morgan fingerprint density at radius 1 is 1.37 bits per heavy atom. The number of aliphatic hydroxyl groups excluding tert-OH is 1. The number of aliphatic hydroxyl groups is 1. The Morgan fingerprint density at radius 2 is 1.84 bits per heavy atom. The molecule has 0 unspecified atom stereocenters. The third kappa shape index (κ3) is 3.45. The molecular weight excluding hydrogens is 269 g/mol. The smallest absolute Gasteiger partial charge is 0.263 e. The van der Waals surface area contributed by atoms with Gasteiger partial charge in [0.25, 0.3) is 5.91 Å². The highest BCUT2D eigenvalue weighted by atomic mass is 35.5. The van der Waals surface area contributed by atoms with E-state index in [1.807, 2.05) is 0 Å². The van der Waals surface area contributed by atoms with Crippen molar-refractivity contribution in [1.29, 1.82) is 0 Å². The second-order valence-corrected chi connectivity index (χ2v) is 4.94. The number of halogens is 2. The van der Waals surface area contributed by atoms with Gasteiger partial charge < -0.3 is 10.0 Å². The third-order valence-electron chi connectivity index (χ3n) is 3.17. The van der Waals surface area contributed by atoms with Gasteiger partial charge in [-0.3, -0.25) is 4.79 Å². The summed E-state index contributed by atoms with van der Waals surface area (Å²) in [6, 6.07) is 6.14. The molecule has 0 spiro atoms. The topological polar surface area (TPSA) is 40.5 Å². The number of hydrogen-bond donors (Lipinski definition) is 1. The van der Waals surface area contributed by atoms with Crippen LogP contribution < -0.4 is 0 Å². The van der Waals surface area contributed by atoms with E-state index >= 15 is 0 Å². The highest BCUT2D eigenvalue weighted by Gasteiger charge is 2.43. The van der Waals surface area contributed by atoms with Crippen LogP contribution in [0.25, 0.3) is 0 Å². The van der Waals surface area contributed by atoms with Crippen LogP contribution in [0.4, 0.5) is 4.39 Å². The van der Waals surface area contributed by atoms with Gasteiger partial charge in [0.2, 0.25) is 5.67 Å². The molecule has 19 heavy (non-hydrogen) atoms. The zero-order valence-corrected chi connectivity index (χ0v) is 12.1. The van der Waals surface area contributed by atoms with Crippen molar-refractivity contribution in [3.8, 4) is 0 Å². The van der Waals surface area contributed by atoms with Gasteiger partial charge in [-0.15, -0.1) is 0 Å². The van der Waals surface area contributed by atoms with Crippen LogP contribution in [-0.4, -0.2) is 34.7 Å². The number of amides is 1. The maximum atomic E-state index is 14.6. The monoisotopic (exact) mass is 287 g/mol. The van der Waals surface area contributed by atoms with Gasteiger partial charge >= 0.3 is 0 Å². The first kappa shape index (κ1) is 15.9. The van der Waals surface area contributed by atoms with Gasteiger partial charge in [0, 0.05) is 18.1 Å². The SMILES string of the molecule is CCN(CC)C(=O)[C@](C)(F)[C@@H](O)c1ccc(Cl)cc1. The Kier molecular flexibility index (Phi) is 5.32. The lowest BCUT2D eigenvalue weighted by Gasteiger charge is -2.31. The minimum Gasteiger partial charge on any atom is -0.384 e. The first-order chi connectivity index (χ1) is 8.84. The lowest BCUT2D eigenvalue weighted by atomic mass is 9.93. The second kappa shape index (κ2) is 6.35. The van der Waals surface area contributed by atoms with Crippen molar-refractivity contribution in [2.45, 2.75) is 32.5 Å². The van der Waals surface area contributed by atoms with E-state index in [1.54, 1.807) is 26.0 Å². The van der Waals surface area contributed by atoms with Crippen LogP contribution in [0.15, 0.2) is 24.3 Å². The van der Waals surface area contributed by atoms with Crippen molar-refractivity contribution in [2.24, 2.45) is 0 Å². The van der Waals surface area contributed by atoms with Crippen LogP contribution in [0.3, 0.4) is 0 Å². The van der Waals surface area contributed by atoms with Crippen LogP contribution in [0.5, 0.6) is 0 Å².